The summed E-state index contributed by atoms with van der Waals surface area (Å²) in [6, 6.07) is 3.59. The number of carbonyl (C=O) groups is 4. The molecule has 0 aliphatic carbocycles. The van der Waals surface area contributed by atoms with E-state index in [4.69, 9.17) is 0 Å². The summed E-state index contributed by atoms with van der Waals surface area (Å²) in [5, 5.41) is 0. The Balaban J connectivity index is 1.75. The molecule has 0 bridgehead atoms. The molecule has 0 fully saturated rings. The first kappa shape index (κ1) is 15.8. The number of pyridine rings is 1. The Hall–Kier alpha value is -3.13. The summed E-state index contributed by atoms with van der Waals surface area (Å²) in [5.74, 6) is -1.69. The third-order valence-electron chi connectivity index (χ3n) is 3.61. The molecule has 0 N–H and O–H groups in total. The molecule has 0 spiro atoms. The normalized spacial score (nSPS) is 17.0. The van der Waals surface area contributed by atoms with Crippen molar-refractivity contribution in [2.75, 3.05) is 13.3 Å². The number of hydrogen-bond donors (Lipinski definition) is 0. The number of nitrogens with zero attached hydrogens (tertiary/aromatic N) is 4. The van der Waals surface area contributed by atoms with Gasteiger partial charge >= 0.3 is 0 Å². The molecular weight excluding hydrogens is 312 g/mol. The Morgan fingerprint density at radius 2 is 1.33 bits per heavy atom. The van der Waals surface area contributed by atoms with E-state index >= 15 is 0 Å². The number of rotatable bonds is 6. The highest BCUT2D eigenvalue weighted by Gasteiger charge is 2.29. The molecule has 122 valence electrons. The summed E-state index contributed by atoms with van der Waals surface area (Å²) in [4.78, 5) is 54.8. The van der Waals surface area contributed by atoms with E-state index in [0.717, 1.165) is 15.4 Å². The molecule has 0 aromatic carbocycles. The van der Waals surface area contributed by atoms with Crippen LogP contribution in [0.4, 0.5) is 0 Å². The fourth-order valence-corrected chi connectivity index (χ4v) is 2.44. The quantitative estimate of drug-likeness (QED) is 0.664. The molecule has 2 aliphatic heterocycles. The lowest BCUT2D eigenvalue weighted by Gasteiger charge is -2.29. The number of aromatic nitrogens is 1. The van der Waals surface area contributed by atoms with Crippen molar-refractivity contribution in [2.24, 2.45) is 0 Å². The summed E-state index contributed by atoms with van der Waals surface area (Å²) in [7, 11) is 0. The van der Waals surface area contributed by atoms with Crippen LogP contribution in [0.5, 0.6) is 0 Å². The van der Waals surface area contributed by atoms with Crippen molar-refractivity contribution < 1.29 is 19.2 Å². The highest BCUT2D eigenvalue weighted by molar-refractivity contribution is 6.13. The van der Waals surface area contributed by atoms with Crippen LogP contribution in [0.3, 0.4) is 0 Å². The first-order valence-corrected chi connectivity index (χ1v) is 7.23. The highest BCUT2D eigenvalue weighted by atomic mass is 16.2. The lowest BCUT2D eigenvalue weighted by atomic mass is 10.3. The van der Waals surface area contributed by atoms with Crippen molar-refractivity contribution in [1.29, 1.82) is 0 Å². The molecule has 3 rings (SSSR count). The van der Waals surface area contributed by atoms with Crippen LogP contribution < -0.4 is 0 Å². The van der Waals surface area contributed by atoms with Gasteiger partial charge in [0, 0.05) is 43.2 Å². The zero-order chi connectivity index (χ0) is 17.1. The second-order valence-electron chi connectivity index (χ2n) is 5.35. The minimum absolute atomic E-state index is 0.0311. The summed E-state index contributed by atoms with van der Waals surface area (Å²) < 4.78 is 0. The molecule has 3 heterocycles. The van der Waals surface area contributed by atoms with Gasteiger partial charge in [-0.25, -0.2) is 0 Å². The van der Waals surface area contributed by atoms with Crippen LogP contribution in [0.25, 0.3) is 0 Å². The minimum Gasteiger partial charge on any atom is -0.269 e. The minimum atomic E-state index is -0.423. The predicted octanol–water partition coefficient (Wildman–Crippen LogP) is -0.351. The van der Waals surface area contributed by atoms with Crippen LogP contribution in [0.1, 0.15) is 5.56 Å². The van der Waals surface area contributed by atoms with Gasteiger partial charge in [0.15, 0.2) is 0 Å². The maximum absolute atomic E-state index is 11.8. The van der Waals surface area contributed by atoms with Crippen molar-refractivity contribution in [3.63, 3.8) is 0 Å². The van der Waals surface area contributed by atoms with Crippen LogP contribution in [-0.2, 0) is 25.7 Å². The number of imide groups is 2. The summed E-state index contributed by atoms with van der Waals surface area (Å²) in [5.41, 5.74) is 0.830. The fraction of sp³-hybridized carbons (Fsp3) is 0.188. The molecule has 1 aromatic heterocycles. The van der Waals surface area contributed by atoms with Crippen molar-refractivity contribution in [3.05, 3.63) is 54.4 Å². The Morgan fingerprint density at radius 1 is 0.833 bits per heavy atom. The van der Waals surface area contributed by atoms with E-state index in [1.54, 1.807) is 23.4 Å². The maximum atomic E-state index is 11.8. The molecular formula is C16H14N4O4. The number of carbonyl (C=O) groups excluding carboxylic acids is 4. The topological polar surface area (TPSA) is 90.9 Å². The fourth-order valence-electron chi connectivity index (χ4n) is 2.44. The third-order valence-corrected chi connectivity index (χ3v) is 3.61. The van der Waals surface area contributed by atoms with E-state index in [2.05, 4.69) is 4.98 Å². The summed E-state index contributed by atoms with van der Waals surface area (Å²) >= 11 is 0. The monoisotopic (exact) mass is 326 g/mol. The SMILES string of the molecule is O=C1C=CC(=O)N1CN(Cc1cccnc1)CN1C(=O)C=CC1=O. The van der Waals surface area contributed by atoms with Gasteiger partial charge in [0.05, 0.1) is 13.3 Å². The molecule has 4 amide bonds. The summed E-state index contributed by atoms with van der Waals surface area (Å²) in [6.07, 6.45) is 8.04. The van der Waals surface area contributed by atoms with Crippen LogP contribution in [0.15, 0.2) is 48.8 Å². The van der Waals surface area contributed by atoms with Crippen molar-refractivity contribution >= 4 is 23.6 Å². The summed E-state index contributed by atoms with van der Waals surface area (Å²) in [6.45, 7) is 0.259. The van der Waals surface area contributed by atoms with Gasteiger partial charge in [0.25, 0.3) is 23.6 Å². The highest BCUT2D eigenvalue weighted by Crippen LogP contribution is 2.12. The molecule has 8 heteroatoms. The van der Waals surface area contributed by atoms with Gasteiger partial charge in [0.2, 0.25) is 0 Å². The van der Waals surface area contributed by atoms with Crippen molar-refractivity contribution in [3.8, 4) is 0 Å². The van der Waals surface area contributed by atoms with Gasteiger partial charge in [-0.15, -0.1) is 0 Å². The first-order chi connectivity index (χ1) is 11.5. The van der Waals surface area contributed by atoms with E-state index in [9.17, 15) is 19.2 Å². The lowest BCUT2D eigenvalue weighted by Crippen LogP contribution is -2.47. The number of amides is 4. The number of hydrogen-bond acceptors (Lipinski definition) is 6. The van der Waals surface area contributed by atoms with Gasteiger partial charge in [-0.3, -0.25) is 38.9 Å². The molecule has 2 aliphatic rings. The Bertz CT molecular complexity index is 677. The zero-order valence-corrected chi connectivity index (χ0v) is 12.7. The van der Waals surface area contributed by atoms with Gasteiger partial charge in [0.1, 0.15) is 0 Å². The molecule has 8 nitrogen and oxygen atoms in total. The Kier molecular flexibility index (Phi) is 4.30. The second-order valence-corrected chi connectivity index (χ2v) is 5.35. The largest absolute Gasteiger partial charge is 0.269 e. The average molecular weight is 326 g/mol. The van der Waals surface area contributed by atoms with Crippen LogP contribution >= 0.6 is 0 Å². The lowest BCUT2D eigenvalue weighted by molar-refractivity contribution is -0.142. The maximum Gasteiger partial charge on any atom is 0.254 e. The first-order valence-electron chi connectivity index (χ1n) is 7.23. The smallest absolute Gasteiger partial charge is 0.254 e. The predicted molar refractivity (Wildman–Crippen MR) is 81.5 cm³/mol. The average Bonchev–Trinajstić information content (AvgIpc) is 3.06. The molecule has 0 radical (unpaired) electrons. The third kappa shape index (κ3) is 3.28. The Morgan fingerprint density at radius 3 is 1.75 bits per heavy atom. The molecule has 0 saturated heterocycles. The van der Waals surface area contributed by atoms with Crippen molar-refractivity contribution in [2.45, 2.75) is 6.54 Å². The molecule has 1 aromatic rings. The molecule has 24 heavy (non-hydrogen) atoms. The standard InChI is InChI=1S/C16H14N4O4/c21-13-3-4-14(22)19(13)10-18(9-12-2-1-7-17-8-12)11-20-15(23)5-6-16(20)24/h1-8H,9-11H2. The van der Waals surface area contributed by atoms with Gasteiger partial charge < -0.3 is 0 Å². The van der Waals surface area contributed by atoms with Crippen molar-refractivity contribution in [1.82, 2.24) is 19.7 Å². The van der Waals surface area contributed by atoms with E-state index < -0.39 is 23.6 Å². The molecule has 0 atom stereocenters. The van der Waals surface area contributed by atoms with E-state index in [1.807, 2.05) is 6.07 Å². The van der Waals surface area contributed by atoms with E-state index in [1.165, 1.54) is 24.3 Å². The Labute approximate surface area is 137 Å². The van der Waals surface area contributed by atoms with Crippen LogP contribution in [0.2, 0.25) is 0 Å². The van der Waals surface area contributed by atoms with Gasteiger partial charge in [-0.1, -0.05) is 6.07 Å². The van der Waals surface area contributed by atoms with Gasteiger partial charge in [-0.05, 0) is 11.6 Å². The van der Waals surface area contributed by atoms with E-state index in [-0.39, 0.29) is 13.3 Å². The van der Waals surface area contributed by atoms with Crippen LogP contribution in [-0.4, -0.2) is 56.6 Å². The van der Waals surface area contributed by atoms with E-state index in [0.29, 0.717) is 6.54 Å². The van der Waals surface area contributed by atoms with Crippen LogP contribution in [0, 0.1) is 0 Å². The zero-order valence-electron chi connectivity index (χ0n) is 12.7. The second kappa shape index (κ2) is 6.55. The molecule has 0 unspecified atom stereocenters. The van der Waals surface area contributed by atoms with Gasteiger partial charge in [-0.2, -0.15) is 0 Å². The molecule has 0 saturated carbocycles.